The minimum atomic E-state index is -0.163. The van der Waals surface area contributed by atoms with Crippen molar-refractivity contribution in [2.24, 2.45) is 5.92 Å². The van der Waals surface area contributed by atoms with Crippen molar-refractivity contribution in [3.8, 4) is 0 Å². The smallest absolute Gasteiger partial charge is 0.274 e. The van der Waals surface area contributed by atoms with Crippen LogP contribution in [0.2, 0.25) is 5.15 Å². The van der Waals surface area contributed by atoms with Crippen LogP contribution in [-0.2, 0) is 4.79 Å². The van der Waals surface area contributed by atoms with Gasteiger partial charge in [0.1, 0.15) is 10.8 Å². The molecule has 1 fully saturated rings. The van der Waals surface area contributed by atoms with Gasteiger partial charge in [-0.05, 0) is 19.8 Å². The normalized spacial score (nSPS) is 16.0. The summed E-state index contributed by atoms with van der Waals surface area (Å²) in [5, 5.41) is 3.08. The lowest BCUT2D eigenvalue weighted by atomic mass is 9.95. The summed E-state index contributed by atoms with van der Waals surface area (Å²) >= 11 is 5.64. The van der Waals surface area contributed by atoms with Crippen LogP contribution in [-0.4, -0.2) is 46.3 Å². The summed E-state index contributed by atoms with van der Waals surface area (Å²) in [4.78, 5) is 33.5. The molecule has 0 aromatic carbocycles. The third kappa shape index (κ3) is 3.45. The second kappa shape index (κ2) is 6.65. The Balaban J connectivity index is 1.92. The number of carbonyl (C=O) groups excluding carboxylic acids is 2. The van der Waals surface area contributed by atoms with E-state index in [-0.39, 0.29) is 28.6 Å². The van der Waals surface area contributed by atoms with E-state index < -0.39 is 0 Å². The molecule has 2 rings (SSSR count). The van der Waals surface area contributed by atoms with Gasteiger partial charge in [0.15, 0.2) is 0 Å². The molecule has 1 aliphatic heterocycles. The van der Waals surface area contributed by atoms with Gasteiger partial charge in [-0.1, -0.05) is 11.6 Å². The van der Waals surface area contributed by atoms with Gasteiger partial charge in [0.2, 0.25) is 5.91 Å². The molecule has 1 N–H and O–H groups in total. The number of aromatic nitrogens is 2. The summed E-state index contributed by atoms with van der Waals surface area (Å²) in [6.45, 7) is 3.66. The Bertz CT molecular complexity index is 484. The van der Waals surface area contributed by atoms with E-state index in [0.29, 0.717) is 32.5 Å². The van der Waals surface area contributed by atoms with E-state index in [1.165, 1.54) is 12.4 Å². The van der Waals surface area contributed by atoms with Crippen LogP contribution in [0.3, 0.4) is 0 Å². The van der Waals surface area contributed by atoms with Gasteiger partial charge in [-0.2, -0.15) is 0 Å². The fourth-order valence-electron chi connectivity index (χ4n) is 2.25. The average Bonchev–Trinajstić information content (AvgIpc) is 2.48. The highest BCUT2D eigenvalue weighted by atomic mass is 35.5. The van der Waals surface area contributed by atoms with Crippen molar-refractivity contribution in [2.45, 2.75) is 19.8 Å². The molecule has 0 saturated carbocycles. The number of hydrogen-bond acceptors (Lipinski definition) is 4. The van der Waals surface area contributed by atoms with Gasteiger partial charge in [0, 0.05) is 25.6 Å². The summed E-state index contributed by atoms with van der Waals surface area (Å²) < 4.78 is 0. The first-order chi connectivity index (χ1) is 9.61. The first-order valence-corrected chi connectivity index (χ1v) is 7.04. The van der Waals surface area contributed by atoms with E-state index in [2.05, 4.69) is 15.3 Å². The summed E-state index contributed by atoms with van der Waals surface area (Å²) in [5.41, 5.74) is 0.283. The first-order valence-electron chi connectivity index (χ1n) is 6.66. The molecule has 20 heavy (non-hydrogen) atoms. The molecule has 1 saturated heterocycles. The molecule has 108 valence electrons. The molecule has 1 aliphatic rings. The Hall–Kier alpha value is -1.69. The van der Waals surface area contributed by atoms with Crippen LogP contribution in [0.15, 0.2) is 12.4 Å². The second-order valence-electron chi connectivity index (χ2n) is 4.69. The maximum Gasteiger partial charge on any atom is 0.274 e. The van der Waals surface area contributed by atoms with Crippen LogP contribution in [0.5, 0.6) is 0 Å². The number of nitrogens with zero attached hydrogens (tertiary/aromatic N) is 3. The SMILES string of the molecule is CCNC(=O)C1CCN(C(=O)c2cnc(Cl)cn2)CC1. The summed E-state index contributed by atoms with van der Waals surface area (Å²) in [7, 11) is 0. The Labute approximate surface area is 122 Å². The summed E-state index contributed by atoms with van der Waals surface area (Å²) in [6.07, 6.45) is 4.09. The number of rotatable bonds is 3. The molecule has 0 unspecified atom stereocenters. The van der Waals surface area contributed by atoms with Gasteiger partial charge in [0.05, 0.1) is 12.4 Å². The van der Waals surface area contributed by atoms with Crippen LogP contribution in [0, 0.1) is 5.92 Å². The zero-order valence-corrected chi connectivity index (χ0v) is 12.1. The quantitative estimate of drug-likeness (QED) is 0.907. The molecular formula is C13H17ClN4O2. The fraction of sp³-hybridized carbons (Fsp3) is 0.538. The predicted octanol–water partition coefficient (Wildman–Crippen LogP) is 1.12. The van der Waals surface area contributed by atoms with E-state index >= 15 is 0 Å². The predicted molar refractivity (Wildman–Crippen MR) is 74.4 cm³/mol. The lowest BCUT2D eigenvalue weighted by molar-refractivity contribution is -0.126. The number of likely N-dealkylation sites (tertiary alicyclic amines) is 1. The van der Waals surface area contributed by atoms with Crippen LogP contribution in [0.1, 0.15) is 30.3 Å². The number of carbonyl (C=O) groups is 2. The number of halogens is 1. The summed E-state index contributed by atoms with van der Waals surface area (Å²) in [5.74, 6) is -0.0929. The van der Waals surface area contributed by atoms with Crippen molar-refractivity contribution < 1.29 is 9.59 Å². The van der Waals surface area contributed by atoms with Crippen LogP contribution in [0.25, 0.3) is 0 Å². The van der Waals surface area contributed by atoms with Gasteiger partial charge in [-0.25, -0.2) is 9.97 Å². The van der Waals surface area contributed by atoms with E-state index in [1.54, 1.807) is 4.90 Å². The number of piperidine rings is 1. The monoisotopic (exact) mass is 296 g/mol. The van der Waals surface area contributed by atoms with Gasteiger partial charge in [0.25, 0.3) is 5.91 Å². The maximum absolute atomic E-state index is 12.2. The Morgan fingerprint density at radius 3 is 2.60 bits per heavy atom. The van der Waals surface area contributed by atoms with Crippen molar-refractivity contribution in [1.29, 1.82) is 0 Å². The number of hydrogen-bond donors (Lipinski definition) is 1. The van der Waals surface area contributed by atoms with Crippen molar-refractivity contribution in [1.82, 2.24) is 20.2 Å². The van der Waals surface area contributed by atoms with Gasteiger partial charge >= 0.3 is 0 Å². The van der Waals surface area contributed by atoms with Crippen LogP contribution >= 0.6 is 11.6 Å². The van der Waals surface area contributed by atoms with Crippen LogP contribution < -0.4 is 5.32 Å². The lowest BCUT2D eigenvalue weighted by Crippen LogP contribution is -2.43. The minimum absolute atomic E-state index is 0.00435. The van der Waals surface area contributed by atoms with Crippen molar-refractivity contribution >= 4 is 23.4 Å². The van der Waals surface area contributed by atoms with Crippen molar-refractivity contribution in [2.75, 3.05) is 19.6 Å². The molecule has 0 aliphatic carbocycles. The molecule has 2 amide bonds. The molecule has 7 heteroatoms. The Morgan fingerprint density at radius 2 is 2.05 bits per heavy atom. The van der Waals surface area contributed by atoms with E-state index in [0.717, 1.165) is 0 Å². The molecular weight excluding hydrogens is 280 g/mol. The highest BCUT2D eigenvalue weighted by Crippen LogP contribution is 2.18. The van der Waals surface area contributed by atoms with Crippen molar-refractivity contribution in [3.05, 3.63) is 23.2 Å². The third-order valence-corrected chi connectivity index (χ3v) is 3.54. The van der Waals surface area contributed by atoms with E-state index in [9.17, 15) is 9.59 Å². The Morgan fingerprint density at radius 1 is 1.35 bits per heavy atom. The molecule has 0 bridgehead atoms. The molecule has 0 radical (unpaired) electrons. The van der Waals surface area contributed by atoms with Crippen LogP contribution in [0.4, 0.5) is 0 Å². The largest absolute Gasteiger partial charge is 0.356 e. The molecule has 2 heterocycles. The maximum atomic E-state index is 12.2. The Kier molecular flexibility index (Phi) is 4.89. The topological polar surface area (TPSA) is 75.2 Å². The molecule has 0 atom stereocenters. The minimum Gasteiger partial charge on any atom is -0.356 e. The van der Waals surface area contributed by atoms with Gasteiger partial charge in [-0.15, -0.1) is 0 Å². The van der Waals surface area contributed by atoms with E-state index in [4.69, 9.17) is 11.6 Å². The molecule has 1 aromatic rings. The standard InChI is InChI=1S/C13H17ClN4O2/c1-2-15-12(19)9-3-5-18(6-4-9)13(20)10-7-17-11(14)8-16-10/h7-9H,2-6H2,1H3,(H,15,19). The third-order valence-electron chi connectivity index (χ3n) is 3.34. The zero-order valence-electron chi connectivity index (χ0n) is 11.3. The first kappa shape index (κ1) is 14.7. The highest BCUT2D eigenvalue weighted by molar-refractivity contribution is 6.29. The number of nitrogens with one attached hydrogen (secondary N) is 1. The molecule has 6 nitrogen and oxygen atoms in total. The lowest BCUT2D eigenvalue weighted by Gasteiger charge is -2.31. The fourth-order valence-corrected chi connectivity index (χ4v) is 2.35. The summed E-state index contributed by atoms with van der Waals surface area (Å²) in [6, 6.07) is 0. The van der Waals surface area contributed by atoms with Gasteiger partial charge < -0.3 is 10.2 Å². The molecule has 0 spiro atoms. The number of amides is 2. The molecule has 1 aromatic heterocycles. The highest BCUT2D eigenvalue weighted by Gasteiger charge is 2.28. The van der Waals surface area contributed by atoms with E-state index in [1.807, 2.05) is 6.92 Å². The van der Waals surface area contributed by atoms with Gasteiger partial charge in [-0.3, -0.25) is 9.59 Å². The second-order valence-corrected chi connectivity index (χ2v) is 5.07. The average molecular weight is 297 g/mol. The van der Waals surface area contributed by atoms with Crippen molar-refractivity contribution in [3.63, 3.8) is 0 Å². The zero-order chi connectivity index (χ0) is 14.5.